The molecule has 2 rings (SSSR count). The van der Waals surface area contributed by atoms with Crippen LogP contribution >= 0.6 is 23.2 Å². The number of nitro benzene ring substituents is 1. The summed E-state index contributed by atoms with van der Waals surface area (Å²) in [5, 5.41) is 23.4. The molecule has 0 amide bonds. The van der Waals surface area contributed by atoms with Gasteiger partial charge in [-0.1, -0.05) is 29.3 Å². The Balaban J connectivity index is 2.23. The van der Waals surface area contributed by atoms with Gasteiger partial charge in [-0.2, -0.15) is 5.26 Å². The minimum atomic E-state index is -0.478. The summed E-state index contributed by atoms with van der Waals surface area (Å²) < 4.78 is 0. The van der Waals surface area contributed by atoms with Crippen LogP contribution in [0.5, 0.6) is 0 Å². The van der Waals surface area contributed by atoms with Crippen molar-refractivity contribution in [2.24, 2.45) is 0 Å². The second kappa shape index (κ2) is 6.44. The van der Waals surface area contributed by atoms with E-state index in [4.69, 9.17) is 28.5 Å². The fraction of sp³-hybridized carbons (Fsp3) is 0.0714. The molecule has 0 heterocycles. The van der Waals surface area contributed by atoms with Gasteiger partial charge in [-0.05, 0) is 24.3 Å². The van der Waals surface area contributed by atoms with Gasteiger partial charge in [-0.25, -0.2) is 0 Å². The van der Waals surface area contributed by atoms with E-state index < -0.39 is 4.92 Å². The van der Waals surface area contributed by atoms with E-state index in [-0.39, 0.29) is 12.2 Å². The number of hydrogen-bond donors (Lipinski definition) is 1. The lowest BCUT2D eigenvalue weighted by atomic mass is 10.1. The fourth-order valence-corrected chi connectivity index (χ4v) is 2.26. The van der Waals surface area contributed by atoms with Crippen molar-refractivity contribution in [3.63, 3.8) is 0 Å². The van der Waals surface area contributed by atoms with Gasteiger partial charge in [0, 0.05) is 18.3 Å². The third-order valence-electron chi connectivity index (χ3n) is 2.85. The van der Waals surface area contributed by atoms with Gasteiger partial charge < -0.3 is 5.32 Å². The second-order valence-corrected chi connectivity index (χ2v) is 4.97. The molecule has 0 aliphatic carbocycles. The number of hydrogen-bond acceptors (Lipinski definition) is 4. The molecule has 0 atom stereocenters. The minimum Gasteiger partial charge on any atom is -0.381 e. The number of anilines is 1. The zero-order chi connectivity index (χ0) is 15.4. The van der Waals surface area contributed by atoms with Crippen LogP contribution in [0.1, 0.15) is 11.1 Å². The summed E-state index contributed by atoms with van der Waals surface area (Å²) in [6.45, 7) is 0.179. The minimum absolute atomic E-state index is 0.0465. The van der Waals surface area contributed by atoms with Gasteiger partial charge in [0.25, 0.3) is 5.69 Å². The summed E-state index contributed by atoms with van der Waals surface area (Å²) >= 11 is 11.9. The summed E-state index contributed by atoms with van der Waals surface area (Å²) in [7, 11) is 0. The van der Waals surface area contributed by atoms with Gasteiger partial charge in [0.05, 0.1) is 26.1 Å². The van der Waals surface area contributed by atoms with Gasteiger partial charge >= 0.3 is 0 Å². The molecule has 0 aliphatic rings. The van der Waals surface area contributed by atoms with E-state index in [1.165, 1.54) is 12.1 Å². The number of nitrogens with zero attached hydrogens (tertiary/aromatic N) is 2. The normalized spacial score (nSPS) is 9.95. The molecular formula is C14H9Cl2N3O2. The van der Waals surface area contributed by atoms with Crippen molar-refractivity contribution in [1.82, 2.24) is 0 Å². The predicted octanol–water partition coefficient (Wildman–Crippen LogP) is 4.39. The number of halogens is 2. The van der Waals surface area contributed by atoms with Crippen molar-refractivity contribution >= 4 is 34.6 Å². The standard InChI is InChI=1S/C14H9Cl2N3O2/c15-12-2-1-3-14(19(20)21)11(12)8-18-10-5-4-9(7-17)13(16)6-10/h1-6,18H,8H2. The molecule has 21 heavy (non-hydrogen) atoms. The highest BCUT2D eigenvalue weighted by atomic mass is 35.5. The number of nitrogens with one attached hydrogen (secondary N) is 1. The van der Waals surface area contributed by atoms with Crippen LogP contribution in [-0.2, 0) is 6.54 Å². The highest BCUT2D eigenvalue weighted by Gasteiger charge is 2.16. The lowest BCUT2D eigenvalue weighted by molar-refractivity contribution is -0.385. The molecule has 5 nitrogen and oxygen atoms in total. The Kier molecular flexibility index (Phi) is 4.63. The van der Waals surface area contributed by atoms with Crippen LogP contribution in [0.25, 0.3) is 0 Å². The fourth-order valence-electron chi connectivity index (χ4n) is 1.80. The average molecular weight is 322 g/mol. The molecule has 0 fully saturated rings. The predicted molar refractivity (Wildman–Crippen MR) is 81.6 cm³/mol. The molecule has 0 aliphatic heterocycles. The molecule has 0 unspecified atom stereocenters. The summed E-state index contributed by atoms with van der Waals surface area (Å²) in [5.74, 6) is 0. The molecule has 2 aromatic rings. The molecule has 0 aromatic heterocycles. The molecule has 2 aromatic carbocycles. The Hall–Kier alpha value is -2.29. The van der Waals surface area contributed by atoms with E-state index in [2.05, 4.69) is 5.32 Å². The quantitative estimate of drug-likeness (QED) is 0.669. The molecule has 7 heteroatoms. The lowest BCUT2D eigenvalue weighted by Crippen LogP contribution is -2.04. The van der Waals surface area contributed by atoms with Crippen molar-refractivity contribution in [2.75, 3.05) is 5.32 Å². The second-order valence-electron chi connectivity index (χ2n) is 4.15. The van der Waals surface area contributed by atoms with Crippen molar-refractivity contribution in [1.29, 1.82) is 5.26 Å². The Morgan fingerprint density at radius 1 is 1.24 bits per heavy atom. The lowest BCUT2D eigenvalue weighted by Gasteiger charge is -2.09. The van der Waals surface area contributed by atoms with Gasteiger partial charge in [-0.15, -0.1) is 0 Å². The molecule has 0 bridgehead atoms. The molecule has 0 radical (unpaired) electrons. The SMILES string of the molecule is N#Cc1ccc(NCc2c(Cl)cccc2[N+](=O)[O-])cc1Cl. The largest absolute Gasteiger partial charge is 0.381 e. The van der Waals surface area contributed by atoms with Crippen molar-refractivity contribution < 1.29 is 4.92 Å². The van der Waals surface area contributed by atoms with E-state index in [0.717, 1.165) is 0 Å². The Morgan fingerprint density at radius 2 is 2.00 bits per heavy atom. The molecule has 0 saturated heterocycles. The van der Waals surface area contributed by atoms with Crippen molar-refractivity contribution in [3.05, 3.63) is 67.7 Å². The van der Waals surface area contributed by atoms with Crippen molar-refractivity contribution in [2.45, 2.75) is 6.54 Å². The van der Waals surface area contributed by atoms with Crippen LogP contribution in [-0.4, -0.2) is 4.92 Å². The van der Waals surface area contributed by atoms with Crippen LogP contribution in [0.4, 0.5) is 11.4 Å². The van der Waals surface area contributed by atoms with Gasteiger partial charge in [0.1, 0.15) is 6.07 Å². The van der Waals surface area contributed by atoms with E-state index in [1.54, 1.807) is 24.3 Å². The highest BCUT2D eigenvalue weighted by Crippen LogP contribution is 2.28. The maximum atomic E-state index is 11.0. The summed E-state index contributed by atoms with van der Waals surface area (Å²) in [4.78, 5) is 10.5. The first-order valence-corrected chi connectivity index (χ1v) is 6.64. The maximum Gasteiger partial charge on any atom is 0.275 e. The number of rotatable bonds is 4. The van der Waals surface area contributed by atoms with Crippen LogP contribution in [0, 0.1) is 21.4 Å². The highest BCUT2D eigenvalue weighted by molar-refractivity contribution is 6.32. The van der Waals surface area contributed by atoms with E-state index in [1.807, 2.05) is 6.07 Å². The number of benzene rings is 2. The molecular weight excluding hydrogens is 313 g/mol. The molecule has 1 N–H and O–H groups in total. The first-order chi connectivity index (χ1) is 10.0. The first kappa shape index (κ1) is 15.1. The van der Waals surface area contributed by atoms with Gasteiger partial charge in [-0.3, -0.25) is 10.1 Å². The molecule has 106 valence electrons. The number of nitriles is 1. The van der Waals surface area contributed by atoms with Gasteiger partial charge in [0.15, 0.2) is 0 Å². The Bertz CT molecular complexity index is 741. The summed E-state index contributed by atoms with van der Waals surface area (Å²) in [6, 6.07) is 11.3. The summed E-state index contributed by atoms with van der Waals surface area (Å²) in [6.07, 6.45) is 0. The third kappa shape index (κ3) is 3.43. The Morgan fingerprint density at radius 3 is 2.62 bits per heavy atom. The van der Waals surface area contributed by atoms with Crippen LogP contribution in [0.15, 0.2) is 36.4 Å². The zero-order valence-electron chi connectivity index (χ0n) is 10.6. The molecule has 0 saturated carbocycles. The first-order valence-electron chi connectivity index (χ1n) is 5.88. The third-order valence-corrected chi connectivity index (χ3v) is 3.52. The monoisotopic (exact) mass is 321 g/mol. The van der Waals surface area contributed by atoms with Crippen LogP contribution < -0.4 is 5.32 Å². The van der Waals surface area contributed by atoms with Crippen LogP contribution in [0.3, 0.4) is 0 Å². The topological polar surface area (TPSA) is 79.0 Å². The summed E-state index contributed by atoms with van der Waals surface area (Å²) in [5.41, 5.74) is 1.36. The average Bonchev–Trinajstić information content (AvgIpc) is 2.45. The molecule has 0 spiro atoms. The van der Waals surface area contributed by atoms with E-state index in [9.17, 15) is 10.1 Å². The van der Waals surface area contributed by atoms with Crippen molar-refractivity contribution in [3.8, 4) is 6.07 Å². The Labute approximate surface area is 130 Å². The van der Waals surface area contributed by atoms with Gasteiger partial charge in [0.2, 0.25) is 0 Å². The number of nitro groups is 1. The van der Waals surface area contributed by atoms with E-state index in [0.29, 0.717) is 26.9 Å². The smallest absolute Gasteiger partial charge is 0.275 e. The zero-order valence-corrected chi connectivity index (χ0v) is 12.1. The van der Waals surface area contributed by atoms with Crippen LogP contribution in [0.2, 0.25) is 10.0 Å². The maximum absolute atomic E-state index is 11.0. The van der Waals surface area contributed by atoms with E-state index >= 15 is 0 Å².